The molecule has 0 aromatic heterocycles. The molecule has 1 aromatic carbocycles. The number of nitrogens with zero attached hydrogens (tertiary/aromatic N) is 1. The second-order valence-corrected chi connectivity index (χ2v) is 5.56. The van der Waals surface area contributed by atoms with Crippen LogP contribution in [0.3, 0.4) is 0 Å². The van der Waals surface area contributed by atoms with Crippen LogP contribution in [0.4, 0.5) is 0 Å². The summed E-state index contributed by atoms with van der Waals surface area (Å²) >= 11 is 0. The van der Waals surface area contributed by atoms with Crippen molar-refractivity contribution in [3.8, 4) is 5.75 Å². The van der Waals surface area contributed by atoms with Crippen LogP contribution < -0.4 is 5.32 Å². The number of rotatable bonds is 5. The normalized spacial score (nSPS) is 24.5. The SMILES string of the molecule is CCCC1CNC(CC)CN1Cc1cccc(O)c1. The molecule has 1 heterocycles. The Kier molecular flexibility index (Phi) is 5.23. The van der Waals surface area contributed by atoms with Crippen molar-refractivity contribution < 1.29 is 5.11 Å². The molecule has 0 aliphatic carbocycles. The Morgan fingerprint density at radius 1 is 1.37 bits per heavy atom. The van der Waals surface area contributed by atoms with Crippen molar-refractivity contribution in [1.29, 1.82) is 0 Å². The first-order chi connectivity index (χ1) is 9.22. The van der Waals surface area contributed by atoms with Crippen LogP contribution in [0.5, 0.6) is 5.75 Å². The molecule has 0 bridgehead atoms. The number of phenolic OH excluding ortho intramolecular Hbond substituents is 1. The number of benzene rings is 1. The first kappa shape index (κ1) is 14.4. The highest BCUT2D eigenvalue weighted by Gasteiger charge is 2.26. The molecular formula is C16H26N2O. The first-order valence-corrected chi connectivity index (χ1v) is 7.48. The summed E-state index contributed by atoms with van der Waals surface area (Å²) in [7, 11) is 0. The van der Waals surface area contributed by atoms with Crippen molar-refractivity contribution in [2.45, 2.75) is 51.7 Å². The lowest BCUT2D eigenvalue weighted by Crippen LogP contribution is -2.55. The van der Waals surface area contributed by atoms with Gasteiger partial charge in [-0.15, -0.1) is 0 Å². The van der Waals surface area contributed by atoms with E-state index >= 15 is 0 Å². The zero-order chi connectivity index (χ0) is 13.7. The predicted octanol–water partition coefficient (Wildman–Crippen LogP) is 2.74. The molecule has 1 fully saturated rings. The molecule has 1 aliphatic heterocycles. The fourth-order valence-corrected chi connectivity index (χ4v) is 2.90. The second kappa shape index (κ2) is 6.92. The maximum atomic E-state index is 9.58. The Balaban J connectivity index is 2.04. The molecule has 0 amide bonds. The Labute approximate surface area is 116 Å². The van der Waals surface area contributed by atoms with Crippen LogP contribution in [0, 0.1) is 0 Å². The van der Waals surface area contributed by atoms with E-state index in [1.165, 1.54) is 24.8 Å². The van der Waals surface area contributed by atoms with E-state index in [4.69, 9.17) is 0 Å². The van der Waals surface area contributed by atoms with Crippen LogP contribution in [0.2, 0.25) is 0 Å². The molecule has 3 heteroatoms. The molecule has 0 radical (unpaired) electrons. The highest BCUT2D eigenvalue weighted by atomic mass is 16.3. The topological polar surface area (TPSA) is 35.5 Å². The minimum absolute atomic E-state index is 0.367. The third kappa shape index (κ3) is 3.95. The van der Waals surface area contributed by atoms with Crippen LogP contribution in [0.25, 0.3) is 0 Å². The molecule has 2 unspecified atom stereocenters. The molecule has 1 saturated heterocycles. The molecule has 0 saturated carbocycles. The van der Waals surface area contributed by atoms with E-state index in [1.54, 1.807) is 6.07 Å². The number of phenols is 1. The number of hydrogen-bond donors (Lipinski definition) is 2. The number of piperazine rings is 1. The smallest absolute Gasteiger partial charge is 0.115 e. The fourth-order valence-electron chi connectivity index (χ4n) is 2.90. The zero-order valence-electron chi connectivity index (χ0n) is 12.1. The van der Waals surface area contributed by atoms with Gasteiger partial charge in [0.2, 0.25) is 0 Å². The lowest BCUT2D eigenvalue weighted by atomic mass is 10.0. The largest absolute Gasteiger partial charge is 0.508 e. The summed E-state index contributed by atoms with van der Waals surface area (Å²) in [5.74, 6) is 0.367. The summed E-state index contributed by atoms with van der Waals surface area (Å²) in [5.41, 5.74) is 1.21. The van der Waals surface area contributed by atoms with Gasteiger partial charge in [0.05, 0.1) is 0 Å². The van der Waals surface area contributed by atoms with Crippen LogP contribution >= 0.6 is 0 Å². The monoisotopic (exact) mass is 262 g/mol. The highest BCUT2D eigenvalue weighted by molar-refractivity contribution is 5.27. The van der Waals surface area contributed by atoms with Gasteiger partial charge in [0.15, 0.2) is 0 Å². The molecule has 1 aromatic rings. The average molecular weight is 262 g/mol. The fraction of sp³-hybridized carbons (Fsp3) is 0.625. The lowest BCUT2D eigenvalue weighted by molar-refractivity contribution is 0.113. The minimum Gasteiger partial charge on any atom is -0.508 e. The quantitative estimate of drug-likeness (QED) is 0.856. The van der Waals surface area contributed by atoms with Gasteiger partial charge in [-0.05, 0) is 30.5 Å². The Bertz CT molecular complexity index is 394. The number of aromatic hydroxyl groups is 1. The van der Waals surface area contributed by atoms with E-state index in [2.05, 4.69) is 30.1 Å². The summed E-state index contributed by atoms with van der Waals surface area (Å²) in [6, 6.07) is 8.87. The summed E-state index contributed by atoms with van der Waals surface area (Å²) in [5, 5.41) is 13.2. The number of hydrogen-bond acceptors (Lipinski definition) is 3. The van der Waals surface area contributed by atoms with Crippen LogP contribution in [-0.4, -0.2) is 35.2 Å². The van der Waals surface area contributed by atoms with Gasteiger partial charge < -0.3 is 10.4 Å². The first-order valence-electron chi connectivity index (χ1n) is 7.48. The van der Waals surface area contributed by atoms with Crippen molar-refractivity contribution in [3.05, 3.63) is 29.8 Å². The Hall–Kier alpha value is -1.06. The second-order valence-electron chi connectivity index (χ2n) is 5.56. The molecular weight excluding hydrogens is 236 g/mol. The van der Waals surface area contributed by atoms with Gasteiger partial charge in [0.25, 0.3) is 0 Å². The molecule has 2 N–H and O–H groups in total. The average Bonchev–Trinajstić information content (AvgIpc) is 2.41. The van der Waals surface area contributed by atoms with Crippen LogP contribution in [-0.2, 0) is 6.54 Å². The standard InChI is InChI=1S/C16H26N2O/c1-3-6-15-10-17-14(4-2)12-18(15)11-13-7-5-8-16(19)9-13/h5,7-9,14-15,17,19H,3-4,6,10-12H2,1-2H3. The molecule has 0 spiro atoms. The molecule has 106 valence electrons. The van der Waals surface area contributed by atoms with E-state index in [1.807, 2.05) is 12.1 Å². The third-order valence-corrected chi connectivity index (χ3v) is 4.02. The highest BCUT2D eigenvalue weighted by Crippen LogP contribution is 2.19. The van der Waals surface area contributed by atoms with Crippen LogP contribution in [0.1, 0.15) is 38.7 Å². The van der Waals surface area contributed by atoms with Crippen molar-refractivity contribution in [3.63, 3.8) is 0 Å². The third-order valence-electron chi connectivity index (χ3n) is 4.02. The van der Waals surface area contributed by atoms with Crippen molar-refractivity contribution in [2.75, 3.05) is 13.1 Å². The van der Waals surface area contributed by atoms with Crippen molar-refractivity contribution >= 4 is 0 Å². The molecule has 1 aliphatic rings. The van der Waals surface area contributed by atoms with Crippen LogP contribution in [0.15, 0.2) is 24.3 Å². The molecule has 3 nitrogen and oxygen atoms in total. The summed E-state index contributed by atoms with van der Waals surface area (Å²) < 4.78 is 0. The maximum Gasteiger partial charge on any atom is 0.115 e. The van der Waals surface area contributed by atoms with E-state index < -0.39 is 0 Å². The lowest BCUT2D eigenvalue weighted by Gasteiger charge is -2.40. The van der Waals surface area contributed by atoms with Crippen molar-refractivity contribution in [1.82, 2.24) is 10.2 Å². The van der Waals surface area contributed by atoms with Crippen molar-refractivity contribution in [2.24, 2.45) is 0 Å². The summed E-state index contributed by atoms with van der Waals surface area (Å²) in [6.07, 6.45) is 3.64. The van der Waals surface area contributed by atoms with Gasteiger partial charge in [0.1, 0.15) is 5.75 Å². The van der Waals surface area contributed by atoms with E-state index in [0.29, 0.717) is 17.8 Å². The van der Waals surface area contributed by atoms with Gasteiger partial charge in [0, 0.05) is 31.7 Å². The Morgan fingerprint density at radius 2 is 2.21 bits per heavy atom. The maximum absolute atomic E-state index is 9.58. The van der Waals surface area contributed by atoms with E-state index in [0.717, 1.165) is 19.6 Å². The molecule has 2 atom stereocenters. The van der Waals surface area contributed by atoms with Gasteiger partial charge in [-0.25, -0.2) is 0 Å². The molecule has 2 rings (SSSR count). The van der Waals surface area contributed by atoms with E-state index in [-0.39, 0.29) is 0 Å². The van der Waals surface area contributed by atoms with Gasteiger partial charge >= 0.3 is 0 Å². The molecule has 19 heavy (non-hydrogen) atoms. The Morgan fingerprint density at radius 3 is 2.89 bits per heavy atom. The minimum atomic E-state index is 0.367. The predicted molar refractivity (Wildman–Crippen MR) is 79.3 cm³/mol. The van der Waals surface area contributed by atoms with Gasteiger partial charge in [-0.3, -0.25) is 4.90 Å². The zero-order valence-corrected chi connectivity index (χ0v) is 12.1. The number of nitrogens with one attached hydrogen (secondary N) is 1. The summed E-state index contributed by atoms with van der Waals surface area (Å²) in [6.45, 7) is 7.63. The summed E-state index contributed by atoms with van der Waals surface area (Å²) in [4.78, 5) is 2.57. The van der Waals surface area contributed by atoms with Gasteiger partial charge in [-0.1, -0.05) is 32.4 Å². The van der Waals surface area contributed by atoms with Gasteiger partial charge in [-0.2, -0.15) is 0 Å². The van der Waals surface area contributed by atoms with E-state index in [9.17, 15) is 5.11 Å².